The van der Waals surface area contributed by atoms with Crippen LogP contribution in [0, 0.1) is 0 Å². The number of alkyl halides is 1. The van der Waals surface area contributed by atoms with Crippen LogP contribution < -0.4 is 0 Å². The number of aliphatic imine (C=N–C) groups is 1. The van der Waals surface area contributed by atoms with E-state index in [9.17, 15) is 4.79 Å². The number of rotatable bonds is 0. The van der Waals surface area contributed by atoms with Crippen LogP contribution >= 0.6 is 11.6 Å². The smallest absolute Gasteiger partial charge is 0.410 e. The maximum Gasteiger partial charge on any atom is 0.410 e. The Hall–Kier alpha value is -1.55. The minimum Gasteiger partial charge on any atom is -0.444 e. The number of piperidine rings is 1. The molecule has 1 aromatic rings. The molecule has 1 unspecified atom stereocenters. The van der Waals surface area contributed by atoms with Gasteiger partial charge in [-0.15, -0.1) is 11.6 Å². The second-order valence-electron chi connectivity index (χ2n) is 6.53. The summed E-state index contributed by atoms with van der Waals surface area (Å²) in [5.41, 5.74) is 2.30. The third-order valence-corrected chi connectivity index (χ3v) is 4.37. The maximum absolute atomic E-state index is 12.2. The van der Waals surface area contributed by atoms with Crippen molar-refractivity contribution in [1.29, 1.82) is 0 Å². The quantitative estimate of drug-likeness (QED) is 0.661. The van der Waals surface area contributed by atoms with Crippen LogP contribution in [0.3, 0.4) is 0 Å². The van der Waals surface area contributed by atoms with Gasteiger partial charge in [0.2, 0.25) is 0 Å². The minimum absolute atomic E-state index is 0. The van der Waals surface area contributed by atoms with Crippen LogP contribution in [-0.4, -0.2) is 35.4 Å². The van der Waals surface area contributed by atoms with E-state index in [1.807, 2.05) is 45.0 Å². The summed E-state index contributed by atoms with van der Waals surface area (Å²) in [5, 5.41) is 0. The number of likely N-dealkylation sites (tertiary alicyclic amines) is 1. The van der Waals surface area contributed by atoms with Gasteiger partial charge in [0.25, 0.3) is 0 Å². The summed E-state index contributed by atoms with van der Waals surface area (Å²) in [5.74, 6) is 0. The van der Waals surface area contributed by atoms with E-state index >= 15 is 0 Å². The Morgan fingerprint density at radius 3 is 2.73 bits per heavy atom. The molecule has 0 aliphatic carbocycles. The first-order valence-electron chi connectivity index (χ1n) is 7.14. The van der Waals surface area contributed by atoms with Gasteiger partial charge >= 0.3 is 6.09 Å². The first-order valence-corrected chi connectivity index (χ1v) is 7.52. The van der Waals surface area contributed by atoms with E-state index in [-0.39, 0.29) is 13.5 Å². The number of carbonyl (C=O) groups is 1. The van der Waals surface area contributed by atoms with Crippen LogP contribution in [0.25, 0.3) is 0 Å². The molecule has 1 fully saturated rings. The fourth-order valence-corrected chi connectivity index (χ4v) is 3.11. The van der Waals surface area contributed by atoms with Crippen molar-refractivity contribution in [2.45, 2.75) is 45.1 Å². The molecule has 1 amide bonds. The van der Waals surface area contributed by atoms with E-state index in [0.29, 0.717) is 19.5 Å². The van der Waals surface area contributed by atoms with Gasteiger partial charge in [-0.05, 0) is 33.3 Å². The number of carbonyl (C=O) groups excluding carboxylic acids is 1. The van der Waals surface area contributed by atoms with Gasteiger partial charge in [0, 0.05) is 12.1 Å². The Bertz CT molecular complexity index is 621. The van der Waals surface area contributed by atoms with Gasteiger partial charge in [0.05, 0.1) is 17.9 Å². The Kier molecular flexibility index (Phi) is 4.26. The predicted octanol–water partition coefficient (Wildman–Crippen LogP) is 4.48. The molecule has 120 valence electrons. The zero-order valence-electron chi connectivity index (χ0n) is 12.5. The van der Waals surface area contributed by atoms with Crippen molar-refractivity contribution in [2.75, 3.05) is 13.1 Å². The number of hydrogen-bond donors (Lipinski definition) is 0. The zero-order chi connectivity index (χ0) is 15.3. The molecule has 2 heterocycles. The third-order valence-electron chi connectivity index (χ3n) is 3.76. The summed E-state index contributed by atoms with van der Waals surface area (Å²) in [6.07, 6.45) is 0.351. The molecule has 5 heteroatoms. The molecule has 0 radical (unpaired) electrons. The van der Waals surface area contributed by atoms with Crippen molar-refractivity contribution in [3.63, 3.8) is 0 Å². The minimum atomic E-state index is -0.560. The lowest BCUT2D eigenvalue weighted by molar-refractivity contribution is 0.0260. The number of para-hydroxylation sites is 1. The average molecular weight is 323 g/mol. The second-order valence-corrected chi connectivity index (χ2v) is 7.17. The Morgan fingerprint density at radius 1 is 1.36 bits per heavy atom. The van der Waals surface area contributed by atoms with Gasteiger partial charge < -0.3 is 9.64 Å². The van der Waals surface area contributed by atoms with E-state index in [2.05, 4.69) is 4.99 Å². The fourth-order valence-electron chi connectivity index (χ4n) is 2.77. The molecule has 0 bridgehead atoms. The molecule has 0 spiro atoms. The van der Waals surface area contributed by atoms with Gasteiger partial charge in [-0.2, -0.15) is 0 Å². The molecule has 1 aromatic carbocycles. The first kappa shape index (κ1) is 16.8. The van der Waals surface area contributed by atoms with E-state index in [1.165, 1.54) is 0 Å². The van der Waals surface area contributed by atoms with Crippen molar-refractivity contribution in [3.8, 4) is 0 Å². The molecule has 2 aliphatic rings. The molecule has 1 saturated heterocycles. The number of hydrogen-bond acceptors (Lipinski definition) is 3. The third kappa shape index (κ3) is 2.84. The highest BCUT2D eigenvalue weighted by atomic mass is 35.5. The Balaban J connectivity index is 0.00000176. The normalized spacial score (nSPS) is 23.1. The van der Waals surface area contributed by atoms with Crippen molar-refractivity contribution in [2.24, 2.45) is 4.99 Å². The molecule has 1 atom stereocenters. The second kappa shape index (κ2) is 5.58. The van der Waals surface area contributed by atoms with Crippen molar-refractivity contribution in [1.82, 2.24) is 4.90 Å². The number of halogens is 1. The molecule has 0 N–H and O–H groups in total. The summed E-state index contributed by atoms with van der Waals surface area (Å²) >= 11 is 6.80. The van der Waals surface area contributed by atoms with Crippen molar-refractivity contribution < 1.29 is 9.53 Å². The topological polar surface area (TPSA) is 41.9 Å². The highest BCUT2D eigenvalue weighted by Gasteiger charge is 2.46. The number of amides is 1. The summed E-state index contributed by atoms with van der Waals surface area (Å²) in [6, 6.07) is 7.90. The van der Waals surface area contributed by atoms with Crippen LogP contribution in [0.2, 0.25) is 0 Å². The van der Waals surface area contributed by atoms with E-state index in [0.717, 1.165) is 17.0 Å². The van der Waals surface area contributed by atoms with Crippen molar-refractivity contribution >= 4 is 29.1 Å². The Labute approximate surface area is 137 Å². The lowest BCUT2D eigenvalue weighted by atomic mass is 9.88. The number of benzene rings is 1. The molecular formula is C17H23ClN2O2. The van der Waals surface area contributed by atoms with Gasteiger partial charge in [0.1, 0.15) is 10.5 Å². The molecule has 22 heavy (non-hydrogen) atoms. The molecule has 0 saturated carbocycles. The monoisotopic (exact) mass is 322 g/mol. The predicted molar refractivity (Wildman–Crippen MR) is 90.2 cm³/mol. The fraction of sp³-hybridized carbons (Fsp3) is 0.529. The first-order chi connectivity index (χ1) is 9.79. The van der Waals surface area contributed by atoms with Crippen LogP contribution in [-0.2, 0) is 9.61 Å². The maximum atomic E-state index is 12.2. The van der Waals surface area contributed by atoms with Crippen LogP contribution in [0.5, 0.6) is 0 Å². The summed E-state index contributed by atoms with van der Waals surface area (Å²) in [4.78, 5) is 17.9. The highest BCUT2D eigenvalue weighted by Crippen LogP contribution is 2.47. The van der Waals surface area contributed by atoms with Crippen molar-refractivity contribution in [3.05, 3.63) is 29.8 Å². The lowest BCUT2D eigenvalue weighted by Gasteiger charge is -2.37. The van der Waals surface area contributed by atoms with Crippen LogP contribution in [0.4, 0.5) is 10.5 Å². The molecule has 4 nitrogen and oxygen atoms in total. The molecule has 3 rings (SSSR count). The highest BCUT2D eigenvalue weighted by molar-refractivity contribution is 6.38. The molecular weight excluding hydrogens is 300 g/mol. The zero-order valence-corrected chi connectivity index (χ0v) is 13.3. The molecule has 0 aromatic heterocycles. The number of fused-ring (bicyclic) bond motifs is 3. The largest absolute Gasteiger partial charge is 0.444 e. The summed E-state index contributed by atoms with van der Waals surface area (Å²) < 4.78 is 5.42. The van der Waals surface area contributed by atoms with Gasteiger partial charge in [-0.3, -0.25) is 4.99 Å². The van der Waals surface area contributed by atoms with E-state index in [1.54, 1.807) is 4.90 Å². The standard InChI is InChI=1S/C16H19ClN2O2.CH4/c1-15(2,3)21-14(20)19-9-8-16(17)11-6-4-5-7-12(11)18-13(16)10-19;/h4-7H,8-10H2,1-3H3;1H4. The summed E-state index contributed by atoms with van der Waals surface area (Å²) in [6.45, 7) is 6.59. The van der Waals surface area contributed by atoms with E-state index < -0.39 is 10.5 Å². The lowest BCUT2D eigenvalue weighted by Crippen LogP contribution is -2.49. The van der Waals surface area contributed by atoms with Gasteiger partial charge in [-0.1, -0.05) is 25.6 Å². The van der Waals surface area contributed by atoms with Crippen LogP contribution in [0.1, 0.15) is 40.2 Å². The summed E-state index contributed by atoms with van der Waals surface area (Å²) in [7, 11) is 0. The van der Waals surface area contributed by atoms with Gasteiger partial charge in [-0.25, -0.2) is 4.79 Å². The average Bonchev–Trinajstić information content (AvgIpc) is 2.69. The van der Waals surface area contributed by atoms with E-state index in [4.69, 9.17) is 16.3 Å². The Morgan fingerprint density at radius 2 is 2.05 bits per heavy atom. The van der Waals surface area contributed by atoms with Gasteiger partial charge in [0.15, 0.2) is 0 Å². The SMILES string of the molecule is C.CC(C)(C)OC(=O)N1CCC2(Cl)C(=Nc3ccccc32)C1. The van der Waals surface area contributed by atoms with Crippen LogP contribution in [0.15, 0.2) is 29.3 Å². The number of ether oxygens (including phenoxy) is 1. The molecule has 2 aliphatic heterocycles. The number of nitrogens with zero attached hydrogens (tertiary/aromatic N) is 2.